The number of carbonyl (C=O) groups excluding carboxylic acids is 1. The highest BCUT2D eigenvalue weighted by Crippen LogP contribution is 2.31. The van der Waals surface area contributed by atoms with Gasteiger partial charge in [-0.25, -0.2) is 4.68 Å². The van der Waals surface area contributed by atoms with Crippen molar-refractivity contribution in [2.75, 3.05) is 5.32 Å². The second-order valence-electron chi connectivity index (χ2n) is 7.00. The van der Waals surface area contributed by atoms with Crippen LogP contribution in [-0.4, -0.2) is 25.5 Å². The summed E-state index contributed by atoms with van der Waals surface area (Å²) in [6.07, 6.45) is 4.21. The maximum absolute atomic E-state index is 12.5. The fourth-order valence-corrected chi connectivity index (χ4v) is 3.22. The van der Waals surface area contributed by atoms with Crippen LogP contribution in [0.15, 0.2) is 28.8 Å². The Morgan fingerprint density at radius 1 is 1.23 bits per heavy atom. The van der Waals surface area contributed by atoms with Crippen LogP contribution >= 0.6 is 0 Å². The van der Waals surface area contributed by atoms with Crippen molar-refractivity contribution in [1.29, 1.82) is 0 Å². The number of hydrogen-bond acceptors (Lipinski definition) is 4. The van der Waals surface area contributed by atoms with E-state index in [9.17, 15) is 4.79 Å². The zero-order valence-electron chi connectivity index (χ0n) is 15.3. The molecule has 1 aliphatic rings. The normalized spacial score (nSPS) is 14.0. The van der Waals surface area contributed by atoms with Gasteiger partial charge in [0.05, 0.1) is 17.5 Å². The summed E-state index contributed by atoms with van der Waals surface area (Å²) in [7, 11) is 0. The third kappa shape index (κ3) is 3.29. The number of carbonyl (C=O) groups is 1. The molecule has 1 saturated carbocycles. The van der Waals surface area contributed by atoms with Crippen molar-refractivity contribution in [3.8, 4) is 11.3 Å². The Labute approximate surface area is 152 Å². The van der Waals surface area contributed by atoms with Crippen molar-refractivity contribution in [2.45, 2.75) is 46.7 Å². The standard InChI is InChI=1S/C19H23N5O2/c1-12-4-7-16(26-12)19-13(2)22-23(14(19)3)11-18(25)21-17-8-9-20-24(17)10-15-5-6-15/h4,7-9,15H,5-6,10-11H2,1-3H3,(H,21,25). The summed E-state index contributed by atoms with van der Waals surface area (Å²) in [5, 5.41) is 11.8. The first kappa shape index (κ1) is 16.6. The van der Waals surface area contributed by atoms with E-state index in [2.05, 4.69) is 15.5 Å². The summed E-state index contributed by atoms with van der Waals surface area (Å²) in [4.78, 5) is 12.5. The van der Waals surface area contributed by atoms with Crippen LogP contribution in [0.5, 0.6) is 0 Å². The molecule has 0 aliphatic heterocycles. The molecule has 0 atom stereocenters. The Morgan fingerprint density at radius 3 is 2.73 bits per heavy atom. The van der Waals surface area contributed by atoms with Gasteiger partial charge in [-0.1, -0.05) is 0 Å². The van der Waals surface area contributed by atoms with E-state index < -0.39 is 0 Å². The molecule has 3 aromatic heterocycles. The first-order chi connectivity index (χ1) is 12.5. The molecule has 0 spiro atoms. The Hall–Kier alpha value is -2.83. The number of hydrogen-bond donors (Lipinski definition) is 1. The molecule has 0 radical (unpaired) electrons. The minimum absolute atomic E-state index is 0.115. The quantitative estimate of drug-likeness (QED) is 0.737. The average Bonchev–Trinajstić information content (AvgIpc) is 3.03. The van der Waals surface area contributed by atoms with E-state index >= 15 is 0 Å². The molecule has 1 aliphatic carbocycles. The van der Waals surface area contributed by atoms with Crippen molar-refractivity contribution in [3.05, 3.63) is 41.5 Å². The van der Waals surface area contributed by atoms with E-state index in [0.717, 1.165) is 40.8 Å². The first-order valence-corrected chi connectivity index (χ1v) is 8.93. The number of rotatable bonds is 6. The maximum Gasteiger partial charge on any atom is 0.247 e. The van der Waals surface area contributed by atoms with Crippen LogP contribution in [0.1, 0.15) is 30.0 Å². The lowest BCUT2D eigenvalue weighted by atomic mass is 10.1. The highest BCUT2D eigenvalue weighted by Gasteiger charge is 2.23. The molecule has 4 rings (SSSR count). The molecule has 7 nitrogen and oxygen atoms in total. The topological polar surface area (TPSA) is 77.9 Å². The molecule has 136 valence electrons. The lowest BCUT2D eigenvalue weighted by molar-refractivity contribution is -0.117. The smallest absolute Gasteiger partial charge is 0.247 e. The van der Waals surface area contributed by atoms with E-state index in [0.29, 0.717) is 5.92 Å². The van der Waals surface area contributed by atoms with Gasteiger partial charge in [0, 0.05) is 18.3 Å². The second kappa shape index (κ2) is 6.48. The molecule has 1 N–H and O–H groups in total. The highest BCUT2D eigenvalue weighted by atomic mass is 16.3. The Morgan fingerprint density at radius 2 is 2.04 bits per heavy atom. The molecule has 3 aromatic rings. The van der Waals surface area contributed by atoms with Gasteiger partial charge in [0.25, 0.3) is 0 Å². The minimum atomic E-state index is -0.115. The fraction of sp³-hybridized carbons (Fsp3) is 0.421. The van der Waals surface area contributed by atoms with E-state index in [-0.39, 0.29) is 12.5 Å². The first-order valence-electron chi connectivity index (χ1n) is 8.93. The molecule has 0 unspecified atom stereocenters. The summed E-state index contributed by atoms with van der Waals surface area (Å²) >= 11 is 0. The zero-order valence-corrected chi connectivity index (χ0v) is 15.3. The second-order valence-corrected chi connectivity index (χ2v) is 7.00. The molecule has 26 heavy (non-hydrogen) atoms. The molecule has 0 saturated heterocycles. The average molecular weight is 353 g/mol. The van der Waals surface area contributed by atoms with Crippen LogP contribution in [0.4, 0.5) is 5.82 Å². The van der Waals surface area contributed by atoms with E-state index in [1.165, 1.54) is 12.8 Å². The predicted molar refractivity (Wildman–Crippen MR) is 97.7 cm³/mol. The highest BCUT2D eigenvalue weighted by molar-refractivity contribution is 5.89. The third-order valence-electron chi connectivity index (χ3n) is 4.77. The van der Waals surface area contributed by atoms with Crippen LogP contribution < -0.4 is 5.32 Å². The number of aromatic nitrogens is 4. The van der Waals surface area contributed by atoms with Gasteiger partial charge in [-0.3, -0.25) is 9.48 Å². The Kier molecular flexibility index (Phi) is 4.14. The van der Waals surface area contributed by atoms with Gasteiger partial charge < -0.3 is 9.73 Å². The van der Waals surface area contributed by atoms with Gasteiger partial charge in [0.15, 0.2) is 0 Å². The molecular formula is C19H23N5O2. The van der Waals surface area contributed by atoms with Crippen molar-refractivity contribution in [1.82, 2.24) is 19.6 Å². The SMILES string of the molecule is Cc1ccc(-c2c(C)nn(CC(=O)Nc3ccnn3CC3CC3)c2C)o1. The van der Waals surface area contributed by atoms with Crippen LogP contribution in [0, 0.1) is 26.7 Å². The minimum Gasteiger partial charge on any atom is -0.461 e. The summed E-state index contributed by atoms with van der Waals surface area (Å²) in [6, 6.07) is 5.70. The zero-order chi connectivity index (χ0) is 18.3. The summed E-state index contributed by atoms with van der Waals surface area (Å²) in [5.74, 6) is 2.96. The van der Waals surface area contributed by atoms with E-state index in [1.54, 1.807) is 10.9 Å². The molecule has 3 heterocycles. The van der Waals surface area contributed by atoms with Gasteiger partial charge in [-0.2, -0.15) is 10.2 Å². The van der Waals surface area contributed by atoms with Gasteiger partial charge in [-0.15, -0.1) is 0 Å². The lowest BCUT2D eigenvalue weighted by Crippen LogP contribution is -2.22. The van der Waals surface area contributed by atoms with Gasteiger partial charge in [-0.05, 0) is 51.7 Å². The number of amides is 1. The van der Waals surface area contributed by atoms with Crippen molar-refractivity contribution >= 4 is 11.7 Å². The lowest BCUT2D eigenvalue weighted by Gasteiger charge is -2.09. The fourth-order valence-electron chi connectivity index (χ4n) is 3.22. The van der Waals surface area contributed by atoms with Gasteiger partial charge in [0.2, 0.25) is 5.91 Å². The summed E-state index contributed by atoms with van der Waals surface area (Å²) < 4.78 is 9.32. The van der Waals surface area contributed by atoms with Crippen molar-refractivity contribution < 1.29 is 9.21 Å². The predicted octanol–water partition coefficient (Wildman–Crippen LogP) is 3.31. The maximum atomic E-state index is 12.5. The Balaban J connectivity index is 1.49. The molecule has 1 amide bonds. The largest absolute Gasteiger partial charge is 0.461 e. The molecule has 0 aromatic carbocycles. The summed E-state index contributed by atoms with van der Waals surface area (Å²) in [6.45, 7) is 6.82. The molecule has 1 fully saturated rings. The van der Waals surface area contributed by atoms with Crippen molar-refractivity contribution in [2.24, 2.45) is 5.92 Å². The van der Waals surface area contributed by atoms with Crippen LogP contribution in [0.3, 0.4) is 0 Å². The third-order valence-corrected chi connectivity index (χ3v) is 4.77. The number of furan rings is 1. The Bertz CT molecular complexity index is 945. The van der Waals surface area contributed by atoms with Crippen molar-refractivity contribution in [3.63, 3.8) is 0 Å². The number of anilines is 1. The van der Waals surface area contributed by atoms with Crippen LogP contribution in [-0.2, 0) is 17.9 Å². The van der Waals surface area contributed by atoms with E-state index in [4.69, 9.17) is 4.42 Å². The van der Waals surface area contributed by atoms with Crippen LogP contribution in [0.25, 0.3) is 11.3 Å². The number of aryl methyl sites for hydroxylation is 2. The molecule has 0 bridgehead atoms. The van der Waals surface area contributed by atoms with E-state index in [1.807, 2.05) is 43.7 Å². The van der Waals surface area contributed by atoms with Gasteiger partial charge in [0.1, 0.15) is 23.9 Å². The van der Waals surface area contributed by atoms with Gasteiger partial charge >= 0.3 is 0 Å². The number of nitrogens with zero attached hydrogens (tertiary/aromatic N) is 4. The van der Waals surface area contributed by atoms with Crippen LogP contribution in [0.2, 0.25) is 0 Å². The number of nitrogens with one attached hydrogen (secondary N) is 1. The monoisotopic (exact) mass is 353 g/mol. The summed E-state index contributed by atoms with van der Waals surface area (Å²) in [5.41, 5.74) is 2.71. The molecular weight excluding hydrogens is 330 g/mol. The molecule has 7 heteroatoms.